The summed E-state index contributed by atoms with van der Waals surface area (Å²) in [7, 11) is 0.451. The van der Waals surface area contributed by atoms with E-state index in [-0.39, 0.29) is 0 Å². The van der Waals surface area contributed by atoms with Crippen molar-refractivity contribution in [2.75, 3.05) is 13.7 Å². The summed E-state index contributed by atoms with van der Waals surface area (Å²) in [6, 6.07) is 1.15. The molecule has 0 spiro atoms. The zero-order valence-electron chi connectivity index (χ0n) is 7.72. The maximum absolute atomic E-state index is 5.38. The number of hydrogen-bond acceptors (Lipinski definition) is 2. The highest BCUT2D eigenvalue weighted by atomic mass is 28.4. The van der Waals surface area contributed by atoms with Gasteiger partial charge in [0.1, 0.15) is 0 Å². The van der Waals surface area contributed by atoms with Gasteiger partial charge in [0.05, 0.1) is 12.9 Å². The van der Waals surface area contributed by atoms with E-state index < -0.39 is 8.32 Å². The van der Waals surface area contributed by atoms with E-state index in [1.54, 1.807) is 7.11 Å². The molecule has 66 valence electrons. The summed E-state index contributed by atoms with van der Waals surface area (Å²) in [6.45, 7) is 8.66. The van der Waals surface area contributed by atoms with Crippen molar-refractivity contribution in [2.45, 2.75) is 25.6 Å². The Kier molecular flexibility index (Phi) is 5.24. The fraction of sp³-hybridized carbons (Fsp3) is 0.750. The first-order chi connectivity index (χ1) is 5.12. The quantitative estimate of drug-likeness (QED) is 0.350. The molecule has 0 aliphatic heterocycles. The Morgan fingerprint density at radius 3 is 2.55 bits per heavy atom. The SMILES string of the molecule is C=COCCC[Si](C)(C)OC. The molecule has 0 atom stereocenters. The second kappa shape index (κ2) is 5.38. The van der Waals surface area contributed by atoms with E-state index >= 15 is 0 Å². The summed E-state index contributed by atoms with van der Waals surface area (Å²) in [5, 5.41) is 0. The largest absolute Gasteiger partial charge is 0.502 e. The molecular weight excluding hydrogens is 156 g/mol. The third kappa shape index (κ3) is 6.13. The third-order valence-electron chi connectivity index (χ3n) is 1.71. The first-order valence-electron chi connectivity index (χ1n) is 3.90. The predicted octanol–water partition coefficient (Wildman–Crippen LogP) is 2.39. The monoisotopic (exact) mass is 174 g/mol. The van der Waals surface area contributed by atoms with E-state index in [2.05, 4.69) is 19.7 Å². The minimum absolute atomic E-state index is 0.767. The molecule has 2 nitrogen and oxygen atoms in total. The van der Waals surface area contributed by atoms with Crippen molar-refractivity contribution in [3.8, 4) is 0 Å². The van der Waals surface area contributed by atoms with Crippen LogP contribution in [0.3, 0.4) is 0 Å². The maximum atomic E-state index is 5.38. The Bertz CT molecular complexity index is 113. The topological polar surface area (TPSA) is 18.5 Å². The van der Waals surface area contributed by atoms with Gasteiger partial charge in [0.2, 0.25) is 0 Å². The van der Waals surface area contributed by atoms with Gasteiger partial charge in [0.25, 0.3) is 0 Å². The first kappa shape index (κ1) is 10.7. The highest BCUT2D eigenvalue weighted by Crippen LogP contribution is 2.11. The van der Waals surface area contributed by atoms with Crippen LogP contribution in [-0.2, 0) is 9.16 Å². The van der Waals surface area contributed by atoms with Crippen molar-refractivity contribution in [3.63, 3.8) is 0 Å². The lowest BCUT2D eigenvalue weighted by Gasteiger charge is -2.19. The van der Waals surface area contributed by atoms with Gasteiger partial charge < -0.3 is 9.16 Å². The van der Waals surface area contributed by atoms with Gasteiger partial charge in [-0.05, 0) is 25.6 Å². The molecule has 3 heteroatoms. The van der Waals surface area contributed by atoms with Crippen LogP contribution in [0.5, 0.6) is 0 Å². The average molecular weight is 174 g/mol. The lowest BCUT2D eigenvalue weighted by atomic mass is 10.5. The Labute approximate surface area is 70.3 Å². The van der Waals surface area contributed by atoms with Crippen LogP contribution >= 0.6 is 0 Å². The summed E-state index contributed by atoms with van der Waals surface area (Å²) in [4.78, 5) is 0. The van der Waals surface area contributed by atoms with E-state index in [9.17, 15) is 0 Å². The van der Waals surface area contributed by atoms with Crippen LogP contribution in [-0.4, -0.2) is 22.0 Å². The molecule has 0 aliphatic carbocycles. The molecule has 0 aromatic heterocycles. The number of ether oxygens (including phenoxy) is 1. The molecule has 0 aromatic rings. The lowest BCUT2D eigenvalue weighted by Crippen LogP contribution is -2.28. The van der Waals surface area contributed by atoms with E-state index in [1.165, 1.54) is 6.26 Å². The molecular formula is C8H18O2Si. The molecule has 0 N–H and O–H groups in total. The number of rotatable bonds is 6. The fourth-order valence-corrected chi connectivity index (χ4v) is 1.97. The highest BCUT2D eigenvalue weighted by Gasteiger charge is 2.19. The normalized spacial score (nSPS) is 11.2. The molecule has 0 saturated heterocycles. The number of hydrogen-bond donors (Lipinski definition) is 0. The minimum atomic E-state index is -1.34. The molecule has 0 aromatic carbocycles. The Hall–Kier alpha value is -0.283. The van der Waals surface area contributed by atoms with Crippen LogP contribution in [0.1, 0.15) is 6.42 Å². The van der Waals surface area contributed by atoms with E-state index in [0.29, 0.717) is 0 Å². The van der Waals surface area contributed by atoms with Crippen molar-refractivity contribution in [3.05, 3.63) is 12.8 Å². The van der Waals surface area contributed by atoms with Crippen LogP contribution < -0.4 is 0 Å². The lowest BCUT2D eigenvalue weighted by molar-refractivity contribution is 0.248. The molecule has 0 amide bonds. The van der Waals surface area contributed by atoms with E-state index in [0.717, 1.165) is 19.1 Å². The van der Waals surface area contributed by atoms with E-state index in [1.807, 2.05) is 0 Å². The molecule has 0 aliphatic rings. The van der Waals surface area contributed by atoms with Crippen LogP contribution in [0.15, 0.2) is 12.8 Å². The summed E-state index contributed by atoms with van der Waals surface area (Å²) in [5.74, 6) is 0. The predicted molar refractivity (Wildman–Crippen MR) is 50.1 cm³/mol. The highest BCUT2D eigenvalue weighted by molar-refractivity contribution is 6.71. The van der Waals surface area contributed by atoms with Gasteiger partial charge in [-0.2, -0.15) is 0 Å². The maximum Gasteiger partial charge on any atom is 0.186 e. The van der Waals surface area contributed by atoms with Crippen molar-refractivity contribution in [2.24, 2.45) is 0 Å². The second-order valence-corrected chi connectivity index (χ2v) is 7.53. The standard InChI is InChI=1S/C8H18O2Si/c1-5-10-7-6-8-11(3,4)9-2/h5H,1,6-8H2,2-4H3. The summed E-state index contributed by atoms with van der Waals surface area (Å²) >= 11 is 0. The molecule has 0 fully saturated rings. The summed E-state index contributed by atoms with van der Waals surface area (Å²) < 4.78 is 10.4. The van der Waals surface area contributed by atoms with Crippen LogP contribution in [0.2, 0.25) is 19.1 Å². The smallest absolute Gasteiger partial charge is 0.186 e. The van der Waals surface area contributed by atoms with Crippen molar-refractivity contribution in [1.82, 2.24) is 0 Å². The molecule has 0 unspecified atom stereocenters. The van der Waals surface area contributed by atoms with Gasteiger partial charge in [0.15, 0.2) is 8.32 Å². The molecule has 0 radical (unpaired) electrons. The van der Waals surface area contributed by atoms with Crippen LogP contribution in [0, 0.1) is 0 Å². The second-order valence-electron chi connectivity index (χ2n) is 3.10. The minimum Gasteiger partial charge on any atom is -0.502 e. The molecule has 0 heterocycles. The van der Waals surface area contributed by atoms with Crippen LogP contribution in [0.4, 0.5) is 0 Å². The Morgan fingerprint density at radius 1 is 1.45 bits per heavy atom. The Balaban J connectivity index is 3.29. The Morgan fingerprint density at radius 2 is 2.09 bits per heavy atom. The fourth-order valence-electron chi connectivity index (χ4n) is 0.767. The van der Waals surface area contributed by atoms with Crippen molar-refractivity contribution in [1.29, 1.82) is 0 Å². The molecule has 11 heavy (non-hydrogen) atoms. The van der Waals surface area contributed by atoms with Gasteiger partial charge in [-0.3, -0.25) is 0 Å². The van der Waals surface area contributed by atoms with Gasteiger partial charge in [-0.15, -0.1) is 0 Å². The van der Waals surface area contributed by atoms with Gasteiger partial charge in [0, 0.05) is 7.11 Å². The van der Waals surface area contributed by atoms with Gasteiger partial charge >= 0.3 is 0 Å². The zero-order chi connectivity index (χ0) is 8.74. The van der Waals surface area contributed by atoms with Crippen molar-refractivity contribution >= 4 is 8.32 Å². The van der Waals surface area contributed by atoms with Crippen molar-refractivity contribution < 1.29 is 9.16 Å². The first-order valence-corrected chi connectivity index (χ1v) is 7.01. The van der Waals surface area contributed by atoms with Gasteiger partial charge in [-0.1, -0.05) is 6.58 Å². The zero-order valence-corrected chi connectivity index (χ0v) is 8.72. The van der Waals surface area contributed by atoms with Gasteiger partial charge in [-0.25, -0.2) is 0 Å². The van der Waals surface area contributed by atoms with E-state index in [4.69, 9.17) is 9.16 Å². The summed E-state index contributed by atoms with van der Waals surface area (Å²) in [6.07, 6.45) is 2.56. The summed E-state index contributed by atoms with van der Waals surface area (Å²) in [5.41, 5.74) is 0. The van der Waals surface area contributed by atoms with Crippen LogP contribution in [0.25, 0.3) is 0 Å². The molecule has 0 saturated carbocycles. The molecule has 0 bridgehead atoms. The average Bonchev–Trinajstić information content (AvgIpc) is 1.99. The third-order valence-corrected chi connectivity index (χ3v) is 4.37. The molecule has 0 rings (SSSR count).